The van der Waals surface area contributed by atoms with E-state index in [1.807, 2.05) is 11.3 Å². The van der Waals surface area contributed by atoms with Crippen LogP contribution in [0.4, 0.5) is 17.1 Å². The molecule has 1 aliphatic carbocycles. The fourth-order valence-electron chi connectivity index (χ4n) is 9.16. The largest absolute Gasteiger partial charge is 0.310 e. The monoisotopic (exact) mass is 743 g/mol. The quantitative estimate of drug-likeness (QED) is 0.157. The average molecular weight is 744 g/mol. The zero-order valence-corrected chi connectivity index (χ0v) is 32.0. The summed E-state index contributed by atoms with van der Waals surface area (Å²) in [6, 6.07) is 82.5. The van der Waals surface area contributed by atoms with E-state index < -0.39 is 5.41 Å². The summed E-state index contributed by atoms with van der Waals surface area (Å²) < 4.78 is 2.61. The molecular weight excluding hydrogens is 707 g/mol. The van der Waals surface area contributed by atoms with Crippen LogP contribution in [0.15, 0.2) is 224 Å². The summed E-state index contributed by atoms with van der Waals surface area (Å²) in [5, 5.41) is 2.58. The molecule has 0 saturated heterocycles. The van der Waals surface area contributed by atoms with Gasteiger partial charge in [0, 0.05) is 37.2 Å². The van der Waals surface area contributed by atoms with Crippen molar-refractivity contribution < 1.29 is 0 Å². The molecule has 0 spiro atoms. The maximum atomic E-state index is 2.46. The second kappa shape index (κ2) is 13.6. The molecule has 0 amide bonds. The summed E-state index contributed by atoms with van der Waals surface area (Å²) in [6.45, 7) is 0. The number of hydrogen-bond acceptors (Lipinski definition) is 2. The van der Waals surface area contributed by atoms with E-state index in [1.165, 1.54) is 75.8 Å². The highest BCUT2D eigenvalue weighted by atomic mass is 32.1. The van der Waals surface area contributed by atoms with Crippen molar-refractivity contribution in [2.45, 2.75) is 5.41 Å². The van der Waals surface area contributed by atoms with Crippen molar-refractivity contribution in [2.75, 3.05) is 4.90 Å². The molecule has 0 unspecified atom stereocenters. The maximum absolute atomic E-state index is 2.46. The van der Waals surface area contributed by atoms with E-state index in [1.54, 1.807) is 0 Å². The number of nitrogens with zero attached hydrogens (tertiary/aromatic N) is 1. The fraction of sp³-hybridized carbons (Fsp3) is 0.0182. The summed E-state index contributed by atoms with van der Waals surface area (Å²) in [5.74, 6) is 0. The summed E-state index contributed by atoms with van der Waals surface area (Å²) in [7, 11) is 0. The smallest absolute Gasteiger partial charge is 0.0714 e. The molecular formula is C55H37NS. The third-order valence-corrected chi connectivity index (χ3v) is 12.9. The molecule has 268 valence electrons. The molecule has 9 aromatic carbocycles. The number of hydrogen-bond donors (Lipinski definition) is 0. The molecule has 0 saturated carbocycles. The number of anilines is 3. The third kappa shape index (κ3) is 5.44. The van der Waals surface area contributed by atoms with E-state index in [0.717, 1.165) is 17.1 Å². The van der Waals surface area contributed by atoms with Gasteiger partial charge in [0.2, 0.25) is 0 Å². The predicted octanol–water partition coefficient (Wildman–Crippen LogP) is 15.2. The van der Waals surface area contributed by atoms with Crippen molar-refractivity contribution in [1.82, 2.24) is 0 Å². The van der Waals surface area contributed by atoms with Crippen molar-refractivity contribution >= 4 is 48.6 Å². The van der Waals surface area contributed by atoms with Gasteiger partial charge in [0.25, 0.3) is 0 Å². The molecule has 57 heavy (non-hydrogen) atoms. The average Bonchev–Trinajstić information content (AvgIpc) is 3.81. The Labute approximate surface area is 337 Å². The Morgan fingerprint density at radius 3 is 1.47 bits per heavy atom. The minimum Gasteiger partial charge on any atom is -0.310 e. The van der Waals surface area contributed by atoms with E-state index >= 15 is 0 Å². The lowest BCUT2D eigenvalue weighted by Gasteiger charge is -2.35. The van der Waals surface area contributed by atoms with Gasteiger partial charge < -0.3 is 4.90 Å². The Morgan fingerprint density at radius 1 is 0.316 bits per heavy atom. The number of fused-ring (bicyclic) bond motifs is 6. The first-order valence-corrected chi connectivity index (χ1v) is 20.4. The van der Waals surface area contributed by atoms with Gasteiger partial charge in [-0.3, -0.25) is 0 Å². The number of benzene rings is 9. The lowest BCUT2D eigenvalue weighted by atomic mass is 9.67. The lowest BCUT2D eigenvalue weighted by Crippen LogP contribution is -2.28. The van der Waals surface area contributed by atoms with Crippen LogP contribution in [0.2, 0.25) is 0 Å². The van der Waals surface area contributed by atoms with Crippen LogP contribution in [0.3, 0.4) is 0 Å². The molecule has 0 N–H and O–H groups in total. The van der Waals surface area contributed by atoms with Crippen LogP contribution in [-0.4, -0.2) is 0 Å². The molecule has 0 aliphatic heterocycles. The minimum atomic E-state index is -0.487. The number of rotatable bonds is 7. The highest BCUT2D eigenvalue weighted by Crippen LogP contribution is 2.57. The second-order valence-electron chi connectivity index (χ2n) is 14.9. The fourth-order valence-corrected chi connectivity index (χ4v) is 10.2. The van der Waals surface area contributed by atoms with Gasteiger partial charge in [-0.05, 0) is 104 Å². The Morgan fingerprint density at radius 2 is 0.789 bits per heavy atom. The van der Waals surface area contributed by atoms with Crippen LogP contribution in [0.1, 0.15) is 22.3 Å². The highest BCUT2D eigenvalue weighted by molar-refractivity contribution is 7.25. The Bertz CT molecular complexity index is 3000. The summed E-state index contributed by atoms with van der Waals surface area (Å²) in [6.07, 6.45) is 0. The lowest BCUT2D eigenvalue weighted by molar-refractivity contribution is 0.768. The summed E-state index contributed by atoms with van der Waals surface area (Å²) in [5.41, 5.74) is 15.4. The molecule has 1 heterocycles. The van der Waals surface area contributed by atoms with Crippen molar-refractivity contribution in [3.63, 3.8) is 0 Å². The Balaban J connectivity index is 1.10. The first-order valence-electron chi connectivity index (χ1n) is 19.6. The van der Waals surface area contributed by atoms with Gasteiger partial charge in [-0.15, -0.1) is 11.3 Å². The van der Waals surface area contributed by atoms with Crippen molar-refractivity contribution in [2.24, 2.45) is 0 Å². The topological polar surface area (TPSA) is 3.24 Å². The van der Waals surface area contributed by atoms with Crippen molar-refractivity contribution in [3.05, 3.63) is 247 Å². The molecule has 11 rings (SSSR count). The van der Waals surface area contributed by atoms with E-state index in [2.05, 4.69) is 229 Å². The van der Waals surface area contributed by atoms with E-state index in [9.17, 15) is 0 Å². The molecule has 1 aromatic heterocycles. The van der Waals surface area contributed by atoms with Gasteiger partial charge in [0.15, 0.2) is 0 Å². The van der Waals surface area contributed by atoms with Crippen molar-refractivity contribution in [3.8, 4) is 33.4 Å². The standard InChI is InChI=1S/C55H37NS/c1-4-14-38(15-5-1)39-24-26-40(27-25-39)41-28-30-44(31-29-41)56(45-33-35-54-50(36-45)49-21-11-13-23-53(49)57-54)46-32-34-48-47-20-10-12-22-51(47)55(52(48)37-46,42-16-6-2-7-17-42)43-18-8-3-9-19-43/h1-37H. The predicted molar refractivity (Wildman–Crippen MR) is 242 cm³/mol. The van der Waals surface area contributed by atoms with E-state index in [0.29, 0.717) is 0 Å². The first kappa shape index (κ1) is 33.3. The van der Waals surface area contributed by atoms with Crippen LogP contribution in [0.5, 0.6) is 0 Å². The van der Waals surface area contributed by atoms with Gasteiger partial charge in [0.05, 0.1) is 5.41 Å². The zero-order chi connectivity index (χ0) is 37.8. The Hall–Kier alpha value is -7.00. The summed E-state index contributed by atoms with van der Waals surface area (Å²) >= 11 is 1.86. The van der Waals surface area contributed by atoms with Gasteiger partial charge in [-0.2, -0.15) is 0 Å². The maximum Gasteiger partial charge on any atom is 0.0714 e. The highest BCUT2D eigenvalue weighted by Gasteiger charge is 2.46. The van der Waals surface area contributed by atoms with Gasteiger partial charge in [0.1, 0.15) is 0 Å². The van der Waals surface area contributed by atoms with Crippen LogP contribution in [0.25, 0.3) is 53.6 Å². The van der Waals surface area contributed by atoms with Gasteiger partial charge >= 0.3 is 0 Å². The molecule has 10 aromatic rings. The molecule has 2 heteroatoms. The van der Waals surface area contributed by atoms with Crippen LogP contribution >= 0.6 is 11.3 Å². The molecule has 0 atom stereocenters. The van der Waals surface area contributed by atoms with E-state index in [-0.39, 0.29) is 0 Å². The second-order valence-corrected chi connectivity index (χ2v) is 15.9. The summed E-state index contributed by atoms with van der Waals surface area (Å²) in [4.78, 5) is 2.44. The van der Waals surface area contributed by atoms with Gasteiger partial charge in [-0.1, -0.05) is 176 Å². The molecule has 0 radical (unpaired) electrons. The minimum absolute atomic E-state index is 0.487. The first-order chi connectivity index (χ1) is 28.3. The third-order valence-electron chi connectivity index (χ3n) is 11.8. The molecule has 0 bridgehead atoms. The van der Waals surface area contributed by atoms with Crippen molar-refractivity contribution in [1.29, 1.82) is 0 Å². The zero-order valence-electron chi connectivity index (χ0n) is 31.2. The van der Waals surface area contributed by atoms with Crippen LogP contribution in [-0.2, 0) is 5.41 Å². The SMILES string of the molecule is c1ccc(-c2ccc(-c3ccc(N(c4ccc5c(c4)C(c4ccccc4)(c4ccccc4)c4ccccc4-5)c4ccc5sc6ccccc6c5c4)cc3)cc2)cc1. The normalized spacial score (nSPS) is 12.7. The Kier molecular flexibility index (Phi) is 7.98. The van der Waals surface area contributed by atoms with Crippen LogP contribution in [0, 0.1) is 0 Å². The molecule has 1 nitrogen and oxygen atoms in total. The molecule has 1 aliphatic rings. The van der Waals surface area contributed by atoms with Crippen LogP contribution < -0.4 is 4.90 Å². The number of thiophene rings is 1. The molecule has 0 fully saturated rings. The van der Waals surface area contributed by atoms with E-state index in [4.69, 9.17) is 0 Å². The van der Waals surface area contributed by atoms with Gasteiger partial charge in [-0.25, -0.2) is 0 Å².